The number of benzene rings is 1. The van der Waals surface area contributed by atoms with Gasteiger partial charge in [0.15, 0.2) is 0 Å². The summed E-state index contributed by atoms with van der Waals surface area (Å²) in [6, 6.07) is 7.30. The number of aryl methyl sites for hydroxylation is 1. The number of carbonyl (C=O) groups excluding carboxylic acids is 3. The molecular weight excluding hydrogens is 406 g/mol. The van der Waals surface area contributed by atoms with Gasteiger partial charge < -0.3 is 5.32 Å². The molecular formula is C19H25N7O3S. The molecule has 4 amide bonds. The normalized spacial score (nSPS) is 18.6. The molecule has 10 nitrogen and oxygen atoms in total. The second kappa shape index (κ2) is 9.24. The highest BCUT2D eigenvalue weighted by atomic mass is 32.2. The highest BCUT2D eigenvalue weighted by molar-refractivity contribution is 7.99. The van der Waals surface area contributed by atoms with Crippen molar-refractivity contribution < 1.29 is 14.4 Å². The van der Waals surface area contributed by atoms with Crippen LogP contribution in [-0.4, -0.2) is 54.4 Å². The first-order valence-electron chi connectivity index (χ1n) is 9.84. The van der Waals surface area contributed by atoms with Gasteiger partial charge in [-0.3, -0.25) is 15.0 Å². The van der Waals surface area contributed by atoms with E-state index in [9.17, 15) is 14.4 Å². The van der Waals surface area contributed by atoms with Crippen molar-refractivity contribution in [1.29, 1.82) is 0 Å². The van der Waals surface area contributed by atoms with Crippen LogP contribution in [0.1, 0.15) is 45.6 Å². The van der Waals surface area contributed by atoms with Crippen molar-refractivity contribution in [2.45, 2.75) is 57.1 Å². The number of hydrazine groups is 1. The standard InChI is InChI=1S/C19H25N7O3S/c1-4-6-7-13-8-10-14(11-9-13)25-18(21-23-24-25)30-12-15(27)22-26-16(28)19(3,5-2)20-17(26)29/h8-11H,4-7,12H2,1-3H3,(H,20,29)(H,22,27). The first-order valence-corrected chi connectivity index (χ1v) is 10.8. The largest absolute Gasteiger partial charge is 0.344 e. The highest BCUT2D eigenvalue weighted by Gasteiger charge is 2.47. The van der Waals surface area contributed by atoms with Crippen LogP contribution >= 0.6 is 11.8 Å². The second-order valence-electron chi connectivity index (χ2n) is 7.22. The Hall–Kier alpha value is -2.95. The SMILES string of the molecule is CCCCc1ccc(-n2nnnc2SCC(=O)NN2C(=O)NC(C)(CC)C2=O)cc1. The molecule has 160 valence electrons. The predicted octanol–water partition coefficient (Wildman–Crippen LogP) is 1.85. The molecule has 1 fully saturated rings. The Morgan fingerprint density at radius 3 is 2.60 bits per heavy atom. The van der Waals surface area contributed by atoms with Gasteiger partial charge in [0.2, 0.25) is 11.1 Å². The van der Waals surface area contributed by atoms with Gasteiger partial charge in [0, 0.05) is 0 Å². The molecule has 0 spiro atoms. The number of imide groups is 1. The van der Waals surface area contributed by atoms with Gasteiger partial charge >= 0.3 is 6.03 Å². The van der Waals surface area contributed by atoms with Gasteiger partial charge in [0.25, 0.3) is 5.91 Å². The van der Waals surface area contributed by atoms with Crippen molar-refractivity contribution in [2.24, 2.45) is 0 Å². The first-order chi connectivity index (χ1) is 14.4. The second-order valence-corrected chi connectivity index (χ2v) is 8.17. The van der Waals surface area contributed by atoms with Gasteiger partial charge in [-0.1, -0.05) is 44.2 Å². The van der Waals surface area contributed by atoms with E-state index in [4.69, 9.17) is 0 Å². The lowest BCUT2D eigenvalue weighted by Gasteiger charge is -2.19. The summed E-state index contributed by atoms with van der Waals surface area (Å²) < 4.78 is 1.55. The third kappa shape index (κ3) is 4.61. The quantitative estimate of drug-likeness (QED) is 0.459. The van der Waals surface area contributed by atoms with E-state index in [0.29, 0.717) is 11.6 Å². The number of hydrogen-bond donors (Lipinski definition) is 2. The van der Waals surface area contributed by atoms with Crippen LogP contribution in [0.15, 0.2) is 29.4 Å². The maximum absolute atomic E-state index is 12.4. The summed E-state index contributed by atoms with van der Waals surface area (Å²) in [6.07, 6.45) is 3.72. The van der Waals surface area contributed by atoms with Crippen molar-refractivity contribution in [3.8, 4) is 5.69 Å². The Labute approximate surface area is 178 Å². The van der Waals surface area contributed by atoms with Gasteiger partial charge in [-0.05, 0) is 54.3 Å². The molecule has 1 atom stereocenters. The zero-order valence-corrected chi connectivity index (χ0v) is 18.0. The lowest BCUT2D eigenvalue weighted by atomic mass is 10.00. The molecule has 11 heteroatoms. The zero-order chi connectivity index (χ0) is 21.7. The van der Waals surface area contributed by atoms with Crippen molar-refractivity contribution in [3.05, 3.63) is 29.8 Å². The lowest BCUT2D eigenvalue weighted by molar-refractivity contribution is -0.137. The number of tetrazole rings is 1. The fourth-order valence-electron chi connectivity index (χ4n) is 2.93. The van der Waals surface area contributed by atoms with Crippen LogP contribution in [0.5, 0.6) is 0 Å². The molecule has 0 bridgehead atoms. The van der Waals surface area contributed by atoms with Gasteiger partial charge in [-0.25, -0.2) is 4.79 Å². The van der Waals surface area contributed by atoms with Crippen LogP contribution < -0.4 is 10.7 Å². The Balaban J connectivity index is 1.60. The molecule has 0 radical (unpaired) electrons. The molecule has 2 N–H and O–H groups in total. The predicted molar refractivity (Wildman–Crippen MR) is 111 cm³/mol. The van der Waals surface area contributed by atoms with Gasteiger partial charge in [0.1, 0.15) is 5.54 Å². The molecule has 2 heterocycles. The van der Waals surface area contributed by atoms with Crippen LogP contribution in [-0.2, 0) is 16.0 Å². The molecule has 2 aromatic rings. The van der Waals surface area contributed by atoms with Crippen LogP contribution in [0, 0.1) is 0 Å². The Bertz CT molecular complexity index is 930. The van der Waals surface area contributed by atoms with Crippen LogP contribution in [0.2, 0.25) is 0 Å². The molecule has 1 aromatic carbocycles. The minimum absolute atomic E-state index is 0.0607. The minimum atomic E-state index is -1.01. The molecule has 1 aliphatic rings. The van der Waals surface area contributed by atoms with E-state index in [2.05, 4.69) is 33.2 Å². The molecule has 1 saturated heterocycles. The molecule has 1 unspecified atom stereocenters. The van der Waals surface area contributed by atoms with Crippen LogP contribution in [0.25, 0.3) is 5.69 Å². The van der Waals surface area contributed by atoms with Crippen molar-refractivity contribution in [3.63, 3.8) is 0 Å². The van der Waals surface area contributed by atoms with E-state index >= 15 is 0 Å². The third-order valence-electron chi connectivity index (χ3n) is 4.98. The smallest absolute Gasteiger partial charge is 0.322 e. The van der Waals surface area contributed by atoms with Crippen molar-refractivity contribution in [1.82, 2.24) is 36.0 Å². The number of unbranched alkanes of at least 4 members (excludes halogenated alkanes) is 1. The fraction of sp³-hybridized carbons (Fsp3) is 0.474. The molecule has 3 rings (SSSR count). The fourth-order valence-corrected chi connectivity index (χ4v) is 3.61. The molecule has 1 aliphatic heterocycles. The van der Waals surface area contributed by atoms with E-state index in [1.807, 2.05) is 24.3 Å². The van der Waals surface area contributed by atoms with E-state index in [-0.39, 0.29) is 5.75 Å². The number of urea groups is 1. The number of aromatic nitrogens is 4. The molecule has 30 heavy (non-hydrogen) atoms. The lowest BCUT2D eigenvalue weighted by Crippen LogP contribution is -2.49. The number of carbonyl (C=O) groups is 3. The summed E-state index contributed by atoms with van der Waals surface area (Å²) in [7, 11) is 0. The van der Waals surface area contributed by atoms with E-state index in [0.717, 1.165) is 41.7 Å². The summed E-state index contributed by atoms with van der Waals surface area (Å²) in [5.41, 5.74) is 3.37. The number of hydrogen-bond acceptors (Lipinski definition) is 7. The zero-order valence-electron chi connectivity index (χ0n) is 17.2. The maximum Gasteiger partial charge on any atom is 0.344 e. The van der Waals surface area contributed by atoms with Gasteiger partial charge in [0.05, 0.1) is 11.4 Å². The molecule has 1 aromatic heterocycles. The number of nitrogens with one attached hydrogen (secondary N) is 2. The van der Waals surface area contributed by atoms with Crippen molar-refractivity contribution in [2.75, 3.05) is 5.75 Å². The number of nitrogens with zero attached hydrogens (tertiary/aromatic N) is 5. The average molecular weight is 432 g/mol. The molecule has 0 saturated carbocycles. The topological polar surface area (TPSA) is 122 Å². The Morgan fingerprint density at radius 2 is 1.97 bits per heavy atom. The summed E-state index contributed by atoms with van der Waals surface area (Å²) >= 11 is 1.11. The number of thioether (sulfide) groups is 1. The maximum atomic E-state index is 12.4. The van der Waals surface area contributed by atoms with E-state index in [1.165, 1.54) is 5.56 Å². The van der Waals surface area contributed by atoms with E-state index in [1.54, 1.807) is 18.5 Å². The van der Waals surface area contributed by atoms with E-state index < -0.39 is 23.4 Å². The monoisotopic (exact) mass is 431 g/mol. The summed E-state index contributed by atoms with van der Waals surface area (Å²) in [5.74, 6) is -1.05. The van der Waals surface area contributed by atoms with Crippen molar-refractivity contribution >= 4 is 29.6 Å². The minimum Gasteiger partial charge on any atom is -0.322 e. The molecule has 0 aliphatic carbocycles. The summed E-state index contributed by atoms with van der Waals surface area (Å²) in [5, 5.41) is 15.4. The Morgan fingerprint density at radius 1 is 1.23 bits per heavy atom. The summed E-state index contributed by atoms with van der Waals surface area (Å²) in [6.45, 7) is 5.56. The summed E-state index contributed by atoms with van der Waals surface area (Å²) in [4.78, 5) is 36.6. The number of amides is 4. The van der Waals surface area contributed by atoms with Gasteiger partial charge in [-0.15, -0.1) is 5.10 Å². The van der Waals surface area contributed by atoms with Crippen LogP contribution in [0.4, 0.5) is 4.79 Å². The third-order valence-corrected chi connectivity index (χ3v) is 5.90. The van der Waals surface area contributed by atoms with Crippen LogP contribution in [0.3, 0.4) is 0 Å². The van der Waals surface area contributed by atoms with Gasteiger partial charge in [-0.2, -0.15) is 9.69 Å². The number of rotatable bonds is 9. The highest BCUT2D eigenvalue weighted by Crippen LogP contribution is 2.21. The average Bonchev–Trinajstić information content (AvgIpc) is 3.30. The first kappa shape index (κ1) is 21.8. The Kier molecular flexibility index (Phi) is 6.70.